The molecule has 0 spiro atoms. The average molecular weight is 251 g/mol. The highest BCUT2D eigenvalue weighted by Crippen LogP contribution is 2.33. The van der Waals surface area contributed by atoms with Crippen LogP contribution in [0, 0.1) is 0 Å². The summed E-state index contributed by atoms with van der Waals surface area (Å²) in [7, 11) is 3.48. The molecule has 1 aromatic carbocycles. The van der Waals surface area contributed by atoms with Crippen LogP contribution in [0.5, 0.6) is 11.5 Å². The maximum Gasteiger partial charge on any atom is 0.325 e. The van der Waals surface area contributed by atoms with E-state index in [1.54, 1.807) is 37.2 Å². The van der Waals surface area contributed by atoms with Gasteiger partial charge in [0.25, 0.3) is 0 Å². The number of rotatable bonds is 3. The lowest BCUT2D eigenvalue weighted by Crippen LogP contribution is -2.27. The third kappa shape index (κ3) is 2.56. The molecular weight excluding hydrogens is 234 g/mol. The van der Waals surface area contributed by atoms with Crippen molar-refractivity contribution in [2.45, 2.75) is 12.5 Å². The van der Waals surface area contributed by atoms with Crippen molar-refractivity contribution >= 4 is 5.97 Å². The molecule has 1 aliphatic rings. The van der Waals surface area contributed by atoms with Crippen molar-refractivity contribution in [3.63, 3.8) is 0 Å². The van der Waals surface area contributed by atoms with E-state index in [0.717, 1.165) is 6.42 Å². The zero-order valence-corrected chi connectivity index (χ0v) is 10.5. The number of ether oxygens (including phenoxy) is 2. The minimum absolute atomic E-state index is 0.593. The number of likely N-dealkylation sites (N-methyl/N-ethyl adjacent to an activating group) is 1. The first-order valence-electron chi connectivity index (χ1n) is 5.88. The van der Waals surface area contributed by atoms with E-state index in [1.165, 1.54) is 0 Å². The quantitative estimate of drug-likeness (QED) is 0.883. The molecule has 1 aromatic rings. The van der Waals surface area contributed by atoms with E-state index in [0.29, 0.717) is 30.3 Å². The van der Waals surface area contributed by atoms with E-state index in [1.807, 2.05) is 0 Å². The molecule has 5 nitrogen and oxygen atoms in total. The summed E-state index contributed by atoms with van der Waals surface area (Å²) in [6.45, 7) is 1.22. The van der Waals surface area contributed by atoms with Crippen LogP contribution in [0.1, 0.15) is 18.0 Å². The molecule has 0 bridgehead atoms. The standard InChI is InChI=1S/C13H17NO4/c1-14(2)12(13(15)16)9-4-5-10-11(8-9)18-7-3-6-17-10/h4-5,8,12H,3,6-7H2,1-2H3,(H,15,16). The summed E-state index contributed by atoms with van der Waals surface area (Å²) in [5.41, 5.74) is 0.691. The number of nitrogens with zero attached hydrogens (tertiary/aromatic N) is 1. The monoisotopic (exact) mass is 251 g/mol. The van der Waals surface area contributed by atoms with Gasteiger partial charge in [-0.2, -0.15) is 0 Å². The Morgan fingerprint density at radius 2 is 1.94 bits per heavy atom. The normalized spacial score (nSPS) is 16.2. The number of carbonyl (C=O) groups is 1. The number of carboxylic acids is 1. The lowest BCUT2D eigenvalue weighted by Gasteiger charge is -2.21. The number of aliphatic carboxylic acids is 1. The molecule has 18 heavy (non-hydrogen) atoms. The third-order valence-corrected chi connectivity index (χ3v) is 2.84. The molecule has 0 radical (unpaired) electrons. The second-order valence-corrected chi connectivity index (χ2v) is 4.46. The van der Waals surface area contributed by atoms with Gasteiger partial charge in [-0.15, -0.1) is 0 Å². The van der Waals surface area contributed by atoms with Crippen molar-refractivity contribution in [3.05, 3.63) is 23.8 Å². The van der Waals surface area contributed by atoms with Crippen LogP contribution in [0.4, 0.5) is 0 Å². The van der Waals surface area contributed by atoms with E-state index in [9.17, 15) is 9.90 Å². The van der Waals surface area contributed by atoms with Crippen molar-refractivity contribution in [3.8, 4) is 11.5 Å². The van der Waals surface area contributed by atoms with Gasteiger partial charge in [-0.05, 0) is 31.8 Å². The second kappa shape index (κ2) is 5.27. The van der Waals surface area contributed by atoms with Crippen molar-refractivity contribution in [1.29, 1.82) is 0 Å². The Morgan fingerprint density at radius 3 is 2.56 bits per heavy atom. The van der Waals surface area contributed by atoms with Crippen molar-refractivity contribution in [2.24, 2.45) is 0 Å². The molecule has 1 heterocycles. The zero-order chi connectivity index (χ0) is 13.1. The SMILES string of the molecule is CN(C)C(C(=O)O)c1ccc2c(c1)OCCCO2. The summed E-state index contributed by atoms with van der Waals surface area (Å²) in [5.74, 6) is 0.423. The molecule has 0 fully saturated rings. The molecule has 0 saturated carbocycles. The Kier molecular flexibility index (Phi) is 3.72. The van der Waals surface area contributed by atoms with Crippen LogP contribution >= 0.6 is 0 Å². The number of benzene rings is 1. The van der Waals surface area contributed by atoms with Gasteiger partial charge in [-0.25, -0.2) is 0 Å². The number of hydrogen-bond donors (Lipinski definition) is 1. The van der Waals surface area contributed by atoms with Gasteiger partial charge in [0, 0.05) is 6.42 Å². The number of fused-ring (bicyclic) bond motifs is 1. The summed E-state index contributed by atoms with van der Waals surface area (Å²) in [5, 5.41) is 9.24. The van der Waals surface area contributed by atoms with Gasteiger partial charge in [-0.3, -0.25) is 9.69 Å². The Morgan fingerprint density at radius 1 is 1.28 bits per heavy atom. The highest BCUT2D eigenvalue weighted by Gasteiger charge is 2.24. The van der Waals surface area contributed by atoms with Gasteiger partial charge in [0.2, 0.25) is 0 Å². The summed E-state index contributed by atoms with van der Waals surface area (Å²) in [4.78, 5) is 12.9. The Labute approximate surface area is 106 Å². The molecule has 1 N–H and O–H groups in total. The molecule has 1 atom stereocenters. The summed E-state index contributed by atoms with van der Waals surface area (Å²) in [6, 6.07) is 4.61. The largest absolute Gasteiger partial charge is 0.490 e. The molecule has 0 aromatic heterocycles. The predicted octanol–water partition coefficient (Wildman–Crippen LogP) is 1.54. The first-order valence-corrected chi connectivity index (χ1v) is 5.88. The Hall–Kier alpha value is -1.75. The van der Waals surface area contributed by atoms with Crippen LogP contribution < -0.4 is 9.47 Å². The highest BCUT2D eigenvalue weighted by molar-refractivity contribution is 5.76. The molecule has 0 aliphatic carbocycles. The molecule has 0 amide bonds. The van der Waals surface area contributed by atoms with Gasteiger partial charge >= 0.3 is 5.97 Å². The van der Waals surface area contributed by atoms with E-state index in [-0.39, 0.29) is 0 Å². The number of hydrogen-bond acceptors (Lipinski definition) is 4. The lowest BCUT2D eigenvalue weighted by molar-refractivity contribution is -0.142. The summed E-state index contributed by atoms with van der Waals surface area (Å²) >= 11 is 0. The molecule has 2 rings (SSSR count). The predicted molar refractivity (Wildman–Crippen MR) is 66.1 cm³/mol. The van der Waals surface area contributed by atoms with E-state index < -0.39 is 12.0 Å². The summed E-state index contributed by atoms with van der Waals surface area (Å²) in [6.07, 6.45) is 0.833. The molecule has 1 aliphatic heterocycles. The fourth-order valence-electron chi connectivity index (χ4n) is 2.01. The van der Waals surface area contributed by atoms with Crippen LogP contribution in [0.3, 0.4) is 0 Å². The Balaban J connectivity index is 2.34. The van der Waals surface area contributed by atoms with Crippen LogP contribution in [-0.2, 0) is 4.79 Å². The average Bonchev–Trinajstić information content (AvgIpc) is 2.52. The van der Waals surface area contributed by atoms with E-state index in [4.69, 9.17) is 9.47 Å². The first kappa shape index (κ1) is 12.7. The van der Waals surface area contributed by atoms with Gasteiger partial charge in [0.1, 0.15) is 6.04 Å². The van der Waals surface area contributed by atoms with Gasteiger partial charge < -0.3 is 14.6 Å². The third-order valence-electron chi connectivity index (χ3n) is 2.84. The van der Waals surface area contributed by atoms with Gasteiger partial charge in [0.05, 0.1) is 13.2 Å². The Bertz CT molecular complexity index is 445. The van der Waals surface area contributed by atoms with E-state index in [2.05, 4.69) is 0 Å². The summed E-state index contributed by atoms with van der Waals surface area (Å²) < 4.78 is 11.1. The molecule has 98 valence electrons. The van der Waals surface area contributed by atoms with Crippen molar-refractivity contribution < 1.29 is 19.4 Å². The van der Waals surface area contributed by atoms with E-state index >= 15 is 0 Å². The molecule has 5 heteroatoms. The van der Waals surface area contributed by atoms with Crippen LogP contribution in [-0.4, -0.2) is 43.3 Å². The molecule has 1 unspecified atom stereocenters. The smallest absolute Gasteiger partial charge is 0.325 e. The van der Waals surface area contributed by atoms with Crippen LogP contribution in [0.2, 0.25) is 0 Å². The van der Waals surface area contributed by atoms with Crippen LogP contribution in [0.15, 0.2) is 18.2 Å². The van der Waals surface area contributed by atoms with Crippen molar-refractivity contribution in [1.82, 2.24) is 4.90 Å². The zero-order valence-electron chi connectivity index (χ0n) is 10.5. The minimum Gasteiger partial charge on any atom is -0.490 e. The second-order valence-electron chi connectivity index (χ2n) is 4.46. The van der Waals surface area contributed by atoms with Gasteiger partial charge in [0.15, 0.2) is 11.5 Å². The minimum atomic E-state index is -0.880. The maximum atomic E-state index is 11.3. The lowest BCUT2D eigenvalue weighted by atomic mass is 10.1. The first-order chi connectivity index (χ1) is 8.59. The number of carboxylic acid groups (broad SMARTS) is 1. The van der Waals surface area contributed by atoms with Crippen molar-refractivity contribution in [2.75, 3.05) is 27.3 Å². The van der Waals surface area contributed by atoms with Gasteiger partial charge in [-0.1, -0.05) is 6.07 Å². The fourth-order valence-corrected chi connectivity index (χ4v) is 2.01. The molecular formula is C13H17NO4. The van der Waals surface area contributed by atoms with Crippen LogP contribution in [0.25, 0.3) is 0 Å². The molecule has 0 saturated heterocycles. The highest BCUT2D eigenvalue weighted by atomic mass is 16.5. The fraction of sp³-hybridized carbons (Fsp3) is 0.462. The topological polar surface area (TPSA) is 59.0 Å². The maximum absolute atomic E-state index is 11.3.